The minimum atomic E-state index is -0.0961. The van der Waals surface area contributed by atoms with Gasteiger partial charge in [0, 0.05) is 22.0 Å². The number of benzene rings is 4. The molecule has 0 heterocycles. The van der Waals surface area contributed by atoms with Gasteiger partial charge in [-0.3, -0.25) is 4.79 Å². The average molecular weight is 543 g/mol. The predicted molar refractivity (Wildman–Crippen MR) is 174 cm³/mol. The van der Waals surface area contributed by atoms with Crippen LogP contribution in [0.5, 0.6) is 0 Å². The molecule has 0 saturated carbocycles. The monoisotopic (exact) mass is 542 g/mol. The van der Waals surface area contributed by atoms with Gasteiger partial charge in [-0.1, -0.05) is 159 Å². The van der Waals surface area contributed by atoms with Gasteiger partial charge in [0.1, 0.15) is 0 Å². The standard InChI is InChI=1S/C20H22O.C20H24/c1-13(2)20(14(3)4)17-11-7-5-9-15(17)19(21)16-10-6-8-12-18(16)20;1-14(2)20(19(3,4)5)17-12-8-6-10-15(17)16-11-7-9-13-18(16)20/h5-14H,1-4H3;6-14H,1-5H3. The highest BCUT2D eigenvalue weighted by atomic mass is 16.1. The highest BCUT2D eigenvalue weighted by molar-refractivity contribution is 6.13. The molecule has 0 amide bonds. The van der Waals surface area contributed by atoms with E-state index in [1.54, 1.807) is 0 Å². The summed E-state index contributed by atoms with van der Waals surface area (Å²) in [7, 11) is 0. The van der Waals surface area contributed by atoms with Crippen LogP contribution in [0.1, 0.15) is 100 Å². The third-order valence-electron chi connectivity index (χ3n) is 10.1. The van der Waals surface area contributed by atoms with Gasteiger partial charge in [0.2, 0.25) is 0 Å². The second-order valence-corrected chi connectivity index (χ2v) is 13.9. The summed E-state index contributed by atoms with van der Waals surface area (Å²) in [6.45, 7) is 20.9. The third kappa shape index (κ3) is 4.07. The van der Waals surface area contributed by atoms with E-state index in [0.717, 1.165) is 11.1 Å². The van der Waals surface area contributed by atoms with Gasteiger partial charge in [0.15, 0.2) is 5.78 Å². The van der Waals surface area contributed by atoms with Crippen molar-refractivity contribution in [3.63, 3.8) is 0 Å². The largest absolute Gasteiger partial charge is 0.289 e. The van der Waals surface area contributed by atoms with Crippen molar-refractivity contribution in [2.45, 2.75) is 73.1 Å². The quantitative estimate of drug-likeness (QED) is 0.252. The van der Waals surface area contributed by atoms with Gasteiger partial charge >= 0.3 is 0 Å². The lowest BCUT2D eigenvalue weighted by atomic mass is 9.56. The van der Waals surface area contributed by atoms with Gasteiger partial charge in [-0.05, 0) is 56.5 Å². The number of fused-ring (bicyclic) bond motifs is 5. The highest BCUT2D eigenvalue weighted by Gasteiger charge is 2.52. The van der Waals surface area contributed by atoms with Crippen molar-refractivity contribution in [1.29, 1.82) is 0 Å². The zero-order valence-corrected chi connectivity index (χ0v) is 26.4. The Morgan fingerprint density at radius 3 is 1.10 bits per heavy atom. The van der Waals surface area contributed by atoms with Crippen LogP contribution in [0, 0.1) is 23.2 Å². The van der Waals surface area contributed by atoms with Crippen LogP contribution in [0.2, 0.25) is 0 Å². The lowest BCUT2D eigenvalue weighted by molar-refractivity contribution is 0.102. The number of ketones is 1. The zero-order chi connectivity index (χ0) is 29.7. The van der Waals surface area contributed by atoms with Gasteiger partial charge in [0.05, 0.1) is 0 Å². The SMILES string of the molecule is CC(C)C1(C(C)(C)C)c2ccccc2-c2ccccc21.CC(C)C1(C(C)C)c2ccccc2C(=O)c2ccccc21. The van der Waals surface area contributed by atoms with E-state index in [1.165, 1.54) is 33.4 Å². The minimum absolute atomic E-state index is 0.0961. The van der Waals surface area contributed by atoms with Crippen LogP contribution in [0.25, 0.3) is 11.1 Å². The first-order valence-corrected chi connectivity index (χ1v) is 15.3. The van der Waals surface area contributed by atoms with Gasteiger partial charge in [-0.2, -0.15) is 0 Å². The van der Waals surface area contributed by atoms with Crippen LogP contribution >= 0.6 is 0 Å². The molecule has 6 rings (SSSR count). The molecule has 41 heavy (non-hydrogen) atoms. The minimum Gasteiger partial charge on any atom is -0.289 e. The molecule has 0 fully saturated rings. The van der Waals surface area contributed by atoms with E-state index in [0.29, 0.717) is 17.8 Å². The molecule has 0 unspecified atom stereocenters. The molecular weight excluding hydrogens is 496 g/mol. The zero-order valence-electron chi connectivity index (χ0n) is 26.4. The molecular formula is C40H46O. The van der Waals surface area contributed by atoms with Crippen LogP contribution in [0.15, 0.2) is 97.1 Å². The number of hydrogen-bond donors (Lipinski definition) is 0. The molecule has 0 atom stereocenters. The maximum Gasteiger partial charge on any atom is 0.193 e. The van der Waals surface area contributed by atoms with Gasteiger partial charge < -0.3 is 0 Å². The fourth-order valence-corrected chi connectivity index (χ4v) is 8.85. The van der Waals surface area contributed by atoms with E-state index in [4.69, 9.17) is 0 Å². The van der Waals surface area contributed by atoms with Crippen molar-refractivity contribution in [3.8, 4) is 11.1 Å². The summed E-state index contributed by atoms with van der Waals surface area (Å²) < 4.78 is 0. The molecule has 1 heteroatoms. The fourth-order valence-electron chi connectivity index (χ4n) is 8.85. The number of hydrogen-bond acceptors (Lipinski definition) is 1. The summed E-state index contributed by atoms with van der Waals surface area (Å²) in [5, 5.41) is 0. The summed E-state index contributed by atoms with van der Waals surface area (Å²) >= 11 is 0. The summed E-state index contributed by atoms with van der Waals surface area (Å²) in [5.74, 6) is 1.58. The molecule has 4 aromatic rings. The van der Waals surface area contributed by atoms with Crippen molar-refractivity contribution in [3.05, 3.63) is 130 Å². The first-order valence-electron chi connectivity index (χ1n) is 15.3. The Morgan fingerprint density at radius 2 is 0.780 bits per heavy atom. The van der Waals surface area contributed by atoms with Crippen molar-refractivity contribution in [2.24, 2.45) is 23.2 Å². The van der Waals surface area contributed by atoms with Crippen LogP contribution < -0.4 is 0 Å². The van der Waals surface area contributed by atoms with E-state index >= 15 is 0 Å². The lowest BCUT2D eigenvalue weighted by Crippen LogP contribution is -2.44. The van der Waals surface area contributed by atoms with Crippen molar-refractivity contribution >= 4 is 5.78 Å². The third-order valence-corrected chi connectivity index (χ3v) is 10.1. The molecule has 0 saturated heterocycles. The first kappa shape index (κ1) is 29.1. The average Bonchev–Trinajstić information content (AvgIpc) is 3.25. The molecule has 0 bridgehead atoms. The van der Waals surface area contributed by atoms with Crippen molar-refractivity contribution < 1.29 is 4.79 Å². The molecule has 1 nitrogen and oxygen atoms in total. The van der Waals surface area contributed by atoms with Crippen molar-refractivity contribution in [2.75, 3.05) is 0 Å². The molecule has 0 radical (unpaired) electrons. The molecule has 4 aromatic carbocycles. The molecule has 0 N–H and O–H groups in total. The Bertz CT molecular complexity index is 1470. The number of rotatable bonds is 3. The first-order chi connectivity index (χ1) is 19.4. The van der Waals surface area contributed by atoms with E-state index in [-0.39, 0.29) is 22.0 Å². The second kappa shape index (κ2) is 10.4. The van der Waals surface area contributed by atoms with E-state index in [2.05, 4.69) is 135 Å². The Kier molecular flexibility index (Phi) is 7.39. The van der Waals surface area contributed by atoms with E-state index in [1.807, 2.05) is 24.3 Å². The van der Waals surface area contributed by atoms with Crippen molar-refractivity contribution in [1.82, 2.24) is 0 Å². The smallest absolute Gasteiger partial charge is 0.193 e. The van der Waals surface area contributed by atoms with Gasteiger partial charge in [-0.15, -0.1) is 0 Å². The van der Waals surface area contributed by atoms with Crippen LogP contribution in [-0.2, 0) is 10.8 Å². The maximum absolute atomic E-state index is 12.8. The summed E-state index contributed by atoms with van der Waals surface area (Å²) in [4.78, 5) is 12.8. The fraction of sp³-hybridized carbons (Fsp3) is 0.375. The normalized spacial score (nSPS) is 16.0. The molecule has 2 aliphatic carbocycles. The lowest BCUT2D eigenvalue weighted by Gasteiger charge is -2.47. The Hall–Kier alpha value is -3.45. The van der Waals surface area contributed by atoms with Crippen LogP contribution in [0.3, 0.4) is 0 Å². The van der Waals surface area contributed by atoms with Gasteiger partial charge in [-0.25, -0.2) is 0 Å². The second-order valence-electron chi connectivity index (χ2n) is 13.9. The molecule has 0 spiro atoms. The Labute approximate surface area is 248 Å². The number of carbonyl (C=O) groups is 1. The van der Waals surface area contributed by atoms with Crippen LogP contribution in [-0.4, -0.2) is 5.78 Å². The molecule has 0 aliphatic heterocycles. The summed E-state index contributed by atoms with van der Waals surface area (Å²) in [5.41, 5.74) is 10.2. The van der Waals surface area contributed by atoms with Gasteiger partial charge in [0.25, 0.3) is 0 Å². The number of carbonyl (C=O) groups excluding carboxylic acids is 1. The van der Waals surface area contributed by atoms with E-state index in [9.17, 15) is 4.79 Å². The summed E-state index contributed by atoms with van der Waals surface area (Å²) in [6, 6.07) is 34.2. The van der Waals surface area contributed by atoms with E-state index < -0.39 is 0 Å². The Morgan fingerprint density at radius 1 is 0.463 bits per heavy atom. The maximum atomic E-state index is 12.8. The molecule has 2 aliphatic rings. The predicted octanol–water partition coefficient (Wildman–Crippen LogP) is 10.5. The molecule has 0 aromatic heterocycles. The topological polar surface area (TPSA) is 17.1 Å². The highest BCUT2D eigenvalue weighted by Crippen LogP contribution is 2.60. The Balaban J connectivity index is 0.000000165. The summed E-state index contributed by atoms with van der Waals surface area (Å²) in [6.07, 6.45) is 0. The molecule has 212 valence electrons. The van der Waals surface area contributed by atoms with Crippen LogP contribution in [0.4, 0.5) is 0 Å².